The van der Waals surface area contributed by atoms with E-state index in [1.165, 1.54) is 0 Å². The molecule has 2 aromatic heterocycles. The minimum Gasteiger partial charge on any atom is -0.311 e. The van der Waals surface area contributed by atoms with Crippen molar-refractivity contribution in [3.63, 3.8) is 0 Å². The molecule has 0 saturated heterocycles. The Labute approximate surface area is 150 Å². The highest BCUT2D eigenvalue weighted by atomic mass is 16.2. The van der Waals surface area contributed by atoms with Gasteiger partial charge < -0.3 is 4.57 Å². The molecule has 1 aliphatic carbocycles. The number of fused-ring (bicyclic) bond motifs is 1. The van der Waals surface area contributed by atoms with Crippen LogP contribution in [-0.2, 0) is 6.42 Å². The molecule has 26 heavy (non-hydrogen) atoms. The lowest BCUT2D eigenvalue weighted by molar-refractivity contribution is 0.102. The summed E-state index contributed by atoms with van der Waals surface area (Å²) < 4.78 is 1.68. The van der Waals surface area contributed by atoms with Crippen LogP contribution in [0.4, 0.5) is 5.95 Å². The Balaban J connectivity index is 1.69. The van der Waals surface area contributed by atoms with E-state index in [0.717, 1.165) is 25.1 Å². The Morgan fingerprint density at radius 2 is 2.04 bits per heavy atom. The Morgan fingerprint density at radius 3 is 2.73 bits per heavy atom. The van der Waals surface area contributed by atoms with E-state index < -0.39 is 0 Å². The summed E-state index contributed by atoms with van der Waals surface area (Å²) in [6.07, 6.45) is 4.37. The van der Waals surface area contributed by atoms with Crippen molar-refractivity contribution in [2.24, 2.45) is 5.92 Å². The Bertz CT molecular complexity index is 1030. The maximum absolute atomic E-state index is 12.8. The summed E-state index contributed by atoms with van der Waals surface area (Å²) in [5.74, 6) is 1.12. The zero-order valence-corrected chi connectivity index (χ0v) is 14.8. The second-order valence-corrected chi connectivity index (χ2v) is 7.19. The molecule has 2 heterocycles. The van der Waals surface area contributed by atoms with Gasteiger partial charge in [0.25, 0.3) is 11.5 Å². The van der Waals surface area contributed by atoms with Gasteiger partial charge >= 0.3 is 0 Å². The van der Waals surface area contributed by atoms with Crippen LogP contribution in [0, 0.1) is 5.92 Å². The molecule has 0 unspecified atom stereocenters. The first kappa shape index (κ1) is 16.5. The van der Waals surface area contributed by atoms with E-state index in [9.17, 15) is 9.59 Å². The number of rotatable bonds is 5. The lowest BCUT2D eigenvalue weighted by Crippen LogP contribution is -2.23. The van der Waals surface area contributed by atoms with Crippen molar-refractivity contribution in [2.75, 3.05) is 5.32 Å². The molecule has 0 aliphatic heterocycles. The number of pyridine rings is 1. The SMILES string of the molecule is CC(C)Cc1nc(NC(=O)c2cn(C3CC3)c(=O)c3ccccc23)n[nH]1. The maximum atomic E-state index is 12.8. The van der Waals surface area contributed by atoms with Crippen LogP contribution in [0.15, 0.2) is 35.3 Å². The molecule has 0 atom stereocenters. The van der Waals surface area contributed by atoms with Crippen LogP contribution in [0.5, 0.6) is 0 Å². The van der Waals surface area contributed by atoms with E-state index in [4.69, 9.17) is 0 Å². The van der Waals surface area contributed by atoms with Crippen LogP contribution in [0.1, 0.15) is 48.9 Å². The fourth-order valence-electron chi connectivity index (χ4n) is 3.11. The van der Waals surface area contributed by atoms with Crippen molar-refractivity contribution >= 4 is 22.6 Å². The molecule has 134 valence electrons. The minimum atomic E-state index is -0.314. The number of hydrogen-bond donors (Lipinski definition) is 2. The quantitative estimate of drug-likeness (QED) is 0.739. The van der Waals surface area contributed by atoms with Crippen molar-refractivity contribution < 1.29 is 4.79 Å². The van der Waals surface area contributed by atoms with Gasteiger partial charge in [0.05, 0.1) is 5.56 Å². The second-order valence-electron chi connectivity index (χ2n) is 7.19. The van der Waals surface area contributed by atoms with Crippen LogP contribution in [-0.4, -0.2) is 25.7 Å². The molecule has 3 aromatic rings. The van der Waals surface area contributed by atoms with E-state index in [1.807, 2.05) is 12.1 Å². The molecule has 1 fully saturated rings. The Morgan fingerprint density at radius 1 is 1.31 bits per heavy atom. The molecule has 0 radical (unpaired) electrons. The lowest BCUT2D eigenvalue weighted by atomic mass is 10.1. The van der Waals surface area contributed by atoms with Gasteiger partial charge in [-0.15, -0.1) is 5.10 Å². The van der Waals surface area contributed by atoms with Crippen molar-refractivity contribution in [1.82, 2.24) is 19.7 Å². The summed E-state index contributed by atoms with van der Waals surface area (Å²) in [4.78, 5) is 29.8. The molecule has 1 amide bonds. The van der Waals surface area contributed by atoms with E-state index >= 15 is 0 Å². The van der Waals surface area contributed by atoms with E-state index in [2.05, 4.69) is 34.3 Å². The first-order valence-electron chi connectivity index (χ1n) is 8.89. The molecule has 0 bridgehead atoms. The number of anilines is 1. The van der Waals surface area contributed by atoms with Gasteiger partial charge in [0.15, 0.2) is 0 Å². The third-order valence-corrected chi connectivity index (χ3v) is 4.49. The summed E-state index contributed by atoms with van der Waals surface area (Å²) in [7, 11) is 0. The number of carbonyl (C=O) groups excluding carboxylic acids is 1. The first-order valence-corrected chi connectivity index (χ1v) is 8.89. The fourth-order valence-corrected chi connectivity index (χ4v) is 3.11. The van der Waals surface area contributed by atoms with Gasteiger partial charge in [-0.1, -0.05) is 32.0 Å². The molecule has 1 aliphatic rings. The highest BCUT2D eigenvalue weighted by Crippen LogP contribution is 2.34. The van der Waals surface area contributed by atoms with Crippen molar-refractivity contribution in [1.29, 1.82) is 0 Å². The zero-order chi connectivity index (χ0) is 18.3. The number of benzene rings is 1. The lowest BCUT2D eigenvalue weighted by Gasteiger charge is -2.11. The van der Waals surface area contributed by atoms with Gasteiger partial charge in [0, 0.05) is 29.4 Å². The molecule has 1 saturated carbocycles. The van der Waals surface area contributed by atoms with Crippen molar-refractivity contribution in [3.05, 3.63) is 52.2 Å². The highest BCUT2D eigenvalue weighted by Gasteiger charge is 2.27. The van der Waals surface area contributed by atoms with E-state index in [-0.39, 0.29) is 23.5 Å². The third-order valence-electron chi connectivity index (χ3n) is 4.49. The van der Waals surface area contributed by atoms with Gasteiger partial charge in [0.1, 0.15) is 5.82 Å². The Hall–Kier alpha value is -2.96. The number of amides is 1. The van der Waals surface area contributed by atoms with Crippen LogP contribution in [0.25, 0.3) is 10.8 Å². The number of hydrogen-bond acceptors (Lipinski definition) is 4. The van der Waals surface area contributed by atoms with Gasteiger partial charge in [-0.2, -0.15) is 4.98 Å². The highest BCUT2D eigenvalue weighted by molar-refractivity contribution is 6.12. The zero-order valence-electron chi connectivity index (χ0n) is 14.8. The summed E-state index contributed by atoms with van der Waals surface area (Å²) >= 11 is 0. The van der Waals surface area contributed by atoms with Gasteiger partial charge in [-0.25, -0.2) is 0 Å². The molecule has 2 N–H and O–H groups in total. The average molecular weight is 351 g/mol. The molecule has 0 spiro atoms. The standard InChI is InChI=1S/C19H21N5O2/c1-11(2)9-16-20-19(23-22-16)21-17(25)15-10-24(12-7-8-12)18(26)14-6-4-3-5-13(14)15/h3-6,10-12H,7-9H2,1-2H3,(H2,20,21,22,23,25). The van der Waals surface area contributed by atoms with Crippen LogP contribution < -0.4 is 10.9 Å². The molecule has 1 aromatic carbocycles. The summed E-state index contributed by atoms with van der Waals surface area (Å²) in [5.41, 5.74) is 0.416. The van der Waals surface area contributed by atoms with Gasteiger partial charge in [0.2, 0.25) is 5.95 Å². The summed E-state index contributed by atoms with van der Waals surface area (Å²) in [5, 5.41) is 10.9. The van der Waals surface area contributed by atoms with Gasteiger partial charge in [-0.05, 0) is 24.8 Å². The van der Waals surface area contributed by atoms with E-state index in [1.54, 1.807) is 22.9 Å². The first-order chi connectivity index (χ1) is 12.5. The van der Waals surface area contributed by atoms with Crippen molar-refractivity contribution in [3.8, 4) is 0 Å². The molecule has 7 nitrogen and oxygen atoms in total. The predicted molar refractivity (Wildman–Crippen MR) is 99.4 cm³/mol. The van der Waals surface area contributed by atoms with Crippen LogP contribution in [0.3, 0.4) is 0 Å². The molecular formula is C19H21N5O2. The fraction of sp³-hybridized carbons (Fsp3) is 0.368. The smallest absolute Gasteiger partial charge is 0.260 e. The predicted octanol–water partition coefficient (Wildman–Crippen LogP) is 2.91. The number of nitrogens with zero attached hydrogens (tertiary/aromatic N) is 3. The summed E-state index contributed by atoms with van der Waals surface area (Å²) in [6, 6.07) is 7.40. The molecular weight excluding hydrogens is 330 g/mol. The maximum Gasteiger partial charge on any atom is 0.260 e. The monoisotopic (exact) mass is 351 g/mol. The summed E-state index contributed by atoms with van der Waals surface area (Å²) in [6.45, 7) is 4.18. The van der Waals surface area contributed by atoms with E-state index in [0.29, 0.717) is 22.3 Å². The topological polar surface area (TPSA) is 92.7 Å². The largest absolute Gasteiger partial charge is 0.311 e. The number of carbonyl (C=O) groups is 1. The van der Waals surface area contributed by atoms with Crippen LogP contribution >= 0.6 is 0 Å². The normalized spacial score (nSPS) is 14.1. The minimum absolute atomic E-state index is 0.0447. The number of aromatic amines is 1. The Kier molecular flexibility index (Phi) is 4.06. The average Bonchev–Trinajstić information content (AvgIpc) is 3.36. The molecule has 7 heteroatoms. The van der Waals surface area contributed by atoms with Crippen molar-refractivity contribution in [2.45, 2.75) is 39.2 Å². The van der Waals surface area contributed by atoms with Crippen LogP contribution in [0.2, 0.25) is 0 Å². The molecule has 4 rings (SSSR count). The number of H-pyrrole nitrogens is 1. The number of aromatic nitrogens is 4. The third kappa shape index (κ3) is 3.12. The number of nitrogens with one attached hydrogen (secondary N) is 2. The van der Waals surface area contributed by atoms with Gasteiger partial charge in [-0.3, -0.25) is 20.0 Å². The second kappa shape index (κ2) is 6.40.